The fraction of sp³-hybridized carbons (Fsp3) is 0.412. The van der Waals surface area contributed by atoms with Gasteiger partial charge in [-0.25, -0.2) is 0 Å². The first-order valence-electron chi connectivity index (χ1n) is 8.24. The van der Waals surface area contributed by atoms with E-state index in [1.165, 1.54) is 17.1 Å². The Balaban J connectivity index is 1.88. The Labute approximate surface area is 146 Å². The minimum absolute atomic E-state index is 0.0818. The fourth-order valence-corrected chi connectivity index (χ4v) is 2.59. The molecule has 0 fully saturated rings. The van der Waals surface area contributed by atoms with Gasteiger partial charge in [0.1, 0.15) is 12.4 Å². The van der Waals surface area contributed by atoms with E-state index in [1.54, 1.807) is 0 Å². The Morgan fingerprint density at radius 1 is 1.36 bits per heavy atom. The number of nitro groups is 1. The van der Waals surface area contributed by atoms with Crippen LogP contribution in [0.1, 0.15) is 27.2 Å². The number of nitrogens with one attached hydrogen (secondary N) is 1. The van der Waals surface area contributed by atoms with Crippen LogP contribution in [0.4, 0.5) is 17.1 Å². The number of hydrogen-bond acceptors (Lipinski definition) is 5. The quantitative estimate of drug-likeness (QED) is 0.586. The van der Waals surface area contributed by atoms with Gasteiger partial charge in [-0.3, -0.25) is 19.6 Å². The van der Waals surface area contributed by atoms with Gasteiger partial charge in [0.15, 0.2) is 0 Å². The molecule has 1 N–H and O–H groups in total. The van der Waals surface area contributed by atoms with Gasteiger partial charge in [-0.05, 0) is 45.0 Å². The van der Waals surface area contributed by atoms with E-state index in [9.17, 15) is 14.9 Å². The number of nitrogens with zero attached hydrogens (tertiary/aromatic N) is 4. The largest absolute Gasteiger partial charge is 0.369 e. The highest BCUT2D eigenvalue weighted by Crippen LogP contribution is 2.20. The molecule has 2 aromatic rings. The number of aryl methyl sites for hydroxylation is 1. The summed E-state index contributed by atoms with van der Waals surface area (Å²) in [7, 11) is 0. The molecule has 8 heteroatoms. The molecule has 8 nitrogen and oxygen atoms in total. The number of carbonyl (C=O) groups is 1. The summed E-state index contributed by atoms with van der Waals surface area (Å²) in [4.78, 5) is 24.4. The van der Waals surface area contributed by atoms with Crippen LogP contribution >= 0.6 is 0 Å². The van der Waals surface area contributed by atoms with Crippen molar-refractivity contribution in [3.63, 3.8) is 0 Å². The highest BCUT2D eigenvalue weighted by Gasteiger charge is 2.11. The number of amides is 1. The molecule has 0 saturated carbocycles. The normalized spacial score (nSPS) is 10.7. The average Bonchev–Trinajstić information content (AvgIpc) is 3.04. The van der Waals surface area contributed by atoms with Gasteiger partial charge < -0.3 is 10.2 Å². The van der Waals surface area contributed by atoms with Gasteiger partial charge in [0, 0.05) is 36.9 Å². The third-order valence-corrected chi connectivity index (χ3v) is 3.85. The average molecular weight is 345 g/mol. The summed E-state index contributed by atoms with van der Waals surface area (Å²) >= 11 is 0. The zero-order chi connectivity index (χ0) is 18.4. The van der Waals surface area contributed by atoms with Crippen LogP contribution in [0.5, 0.6) is 0 Å². The monoisotopic (exact) mass is 345 g/mol. The molecule has 134 valence electrons. The molecule has 25 heavy (non-hydrogen) atoms. The standard InChI is InChI=1S/C17H23N5O3/c1-4-21(13(2)3)15-7-5-14(6-8-15)19-17(23)9-10-20-12-16(11-18-20)22(24)25/h5-8,11-13H,4,9-10H2,1-3H3,(H,19,23). The molecule has 0 aliphatic carbocycles. The van der Waals surface area contributed by atoms with E-state index in [-0.39, 0.29) is 24.6 Å². The van der Waals surface area contributed by atoms with E-state index in [2.05, 4.69) is 36.1 Å². The summed E-state index contributed by atoms with van der Waals surface area (Å²) in [5.41, 5.74) is 1.75. The van der Waals surface area contributed by atoms with Crippen LogP contribution in [-0.2, 0) is 11.3 Å². The minimum atomic E-state index is -0.512. The predicted molar refractivity (Wildman–Crippen MR) is 96.7 cm³/mol. The van der Waals surface area contributed by atoms with Gasteiger partial charge in [0.25, 0.3) is 0 Å². The number of hydrogen-bond donors (Lipinski definition) is 1. The maximum absolute atomic E-state index is 12.0. The second kappa shape index (κ2) is 8.27. The molecule has 0 atom stereocenters. The van der Waals surface area contributed by atoms with Crippen LogP contribution in [0, 0.1) is 10.1 Å². The van der Waals surface area contributed by atoms with Crippen LogP contribution in [0.15, 0.2) is 36.7 Å². The first-order valence-corrected chi connectivity index (χ1v) is 8.24. The molecule has 2 rings (SSSR count). The van der Waals surface area contributed by atoms with Gasteiger partial charge in [0.2, 0.25) is 5.91 Å². The number of aromatic nitrogens is 2. The van der Waals surface area contributed by atoms with Crippen LogP contribution in [0.3, 0.4) is 0 Å². The first-order chi connectivity index (χ1) is 11.9. The van der Waals surface area contributed by atoms with Crippen LogP contribution in [-0.4, -0.2) is 33.2 Å². The second-order valence-corrected chi connectivity index (χ2v) is 5.94. The van der Waals surface area contributed by atoms with Gasteiger partial charge in [0.05, 0.1) is 4.92 Å². The Morgan fingerprint density at radius 2 is 2.04 bits per heavy atom. The molecule has 1 heterocycles. The van der Waals surface area contributed by atoms with Crippen molar-refractivity contribution in [1.29, 1.82) is 0 Å². The highest BCUT2D eigenvalue weighted by atomic mass is 16.6. The molecule has 0 aliphatic rings. The Morgan fingerprint density at radius 3 is 2.56 bits per heavy atom. The maximum atomic E-state index is 12.0. The molecule has 0 aliphatic heterocycles. The van der Waals surface area contributed by atoms with Crippen molar-refractivity contribution in [1.82, 2.24) is 9.78 Å². The fourth-order valence-electron chi connectivity index (χ4n) is 2.59. The number of rotatable bonds is 8. The number of carbonyl (C=O) groups excluding carboxylic acids is 1. The summed E-state index contributed by atoms with van der Waals surface area (Å²) in [5, 5.41) is 17.3. The van der Waals surface area contributed by atoms with Crippen LogP contribution < -0.4 is 10.2 Å². The van der Waals surface area contributed by atoms with E-state index < -0.39 is 4.92 Å². The van der Waals surface area contributed by atoms with E-state index in [0.717, 1.165) is 17.9 Å². The van der Waals surface area contributed by atoms with E-state index in [4.69, 9.17) is 0 Å². The van der Waals surface area contributed by atoms with Crippen molar-refractivity contribution >= 4 is 23.0 Å². The molecule has 1 amide bonds. The molecular formula is C17H23N5O3. The highest BCUT2D eigenvalue weighted by molar-refractivity contribution is 5.90. The molecule has 0 radical (unpaired) electrons. The summed E-state index contributed by atoms with van der Waals surface area (Å²) < 4.78 is 1.39. The SMILES string of the molecule is CCN(c1ccc(NC(=O)CCn2cc([N+](=O)[O-])cn2)cc1)C(C)C. The zero-order valence-electron chi connectivity index (χ0n) is 14.7. The summed E-state index contributed by atoms with van der Waals surface area (Å²) in [6, 6.07) is 8.11. The van der Waals surface area contributed by atoms with Gasteiger partial charge >= 0.3 is 5.69 Å². The molecule has 1 aromatic heterocycles. The maximum Gasteiger partial charge on any atom is 0.306 e. The number of benzene rings is 1. The van der Waals surface area contributed by atoms with Gasteiger partial charge in [-0.1, -0.05) is 0 Å². The Hall–Kier alpha value is -2.90. The molecule has 0 unspecified atom stereocenters. The summed E-state index contributed by atoms with van der Waals surface area (Å²) in [5.74, 6) is -0.165. The smallest absolute Gasteiger partial charge is 0.306 e. The lowest BCUT2D eigenvalue weighted by molar-refractivity contribution is -0.385. The Kier molecular flexibility index (Phi) is 6.10. The second-order valence-electron chi connectivity index (χ2n) is 5.94. The predicted octanol–water partition coefficient (Wildman–Crippen LogP) is 3.05. The summed E-state index contributed by atoms with van der Waals surface area (Å²) in [6.45, 7) is 7.58. The van der Waals surface area contributed by atoms with Crippen molar-refractivity contribution in [2.75, 3.05) is 16.8 Å². The molecule has 0 bridgehead atoms. The van der Waals surface area contributed by atoms with Crippen molar-refractivity contribution in [2.45, 2.75) is 39.8 Å². The van der Waals surface area contributed by atoms with Gasteiger partial charge in [-0.2, -0.15) is 5.10 Å². The minimum Gasteiger partial charge on any atom is -0.369 e. The van der Waals surface area contributed by atoms with Crippen molar-refractivity contribution < 1.29 is 9.72 Å². The molecule has 0 saturated heterocycles. The van der Waals surface area contributed by atoms with Gasteiger partial charge in [-0.15, -0.1) is 0 Å². The van der Waals surface area contributed by atoms with E-state index in [0.29, 0.717) is 6.04 Å². The molecule has 1 aromatic carbocycles. The van der Waals surface area contributed by atoms with Crippen molar-refractivity contribution in [3.05, 3.63) is 46.8 Å². The molecular weight excluding hydrogens is 322 g/mol. The first kappa shape index (κ1) is 18.4. The Bertz CT molecular complexity index is 724. The summed E-state index contributed by atoms with van der Waals surface area (Å²) in [6.07, 6.45) is 2.67. The lowest BCUT2D eigenvalue weighted by Gasteiger charge is -2.27. The third kappa shape index (κ3) is 5.03. The third-order valence-electron chi connectivity index (χ3n) is 3.85. The van der Waals surface area contributed by atoms with E-state index in [1.807, 2.05) is 24.3 Å². The lowest BCUT2D eigenvalue weighted by atomic mass is 10.2. The van der Waals surface area contributed by atoms with E-state index >= 15 is 0 Å². The zero-order valence-corrected chi connectivity index (χ0v) is 14.7. The van der Waals surface area contributed by atoms with Crippen molar-refractivity contribution in [2.24, 2.45) is 0 Å². The lowest BCUT2D eigenvalue weighted by Crippen LogP contribution is -2.30. The topological polar surface area (TPSA) is 93.3 Å². The van der Waals surface area contributed by atoms with Crippen molar-refractivity contribution in [3.8, 4) is 0 Å². The number of anilines is 2. The van der Waals surface area contributed by atoms with Crippen LogP contribution in [0.25, 0.3) is 0 Å². The van der Waals surface area contributed by atoms with Crippen LogP contribution in [0.2, 0.25) is 0 Å². The molecule has 0 spiro atoms.